The highest BCUT2D eigenvalue weighted by molar-refractivity contribution is 5.11. The molecule has 0 aromatic rings. The fourth-order valence-electron chi connectivity index (χ4n) is 2.02. The molecule has 0 amide bonds. The zero-order valence-corrected chi connectivity index (χ0v) is 7.62. The van der Waals surface area contributed by atoms with Crippen LogP contribution >= 0.6 is 0 Å². The van der Waals surface area contributed by atoms with Gasteiger partial charge in [-0.2, -0.15) is 0 Å². The highest BCUT2D eigenvalue weighted by Crippen LogP contribution is 2.32. The van der Waals surface area contributed by atoms with Gasteiger partial charge in [-0.25, -0.2) is 0 Å². The van der Waals surface area contributed by atoms with E-state index in [2.05, 4.69) is 24.4 Å². The van der Waals surface area contributed by atoms with Gasteiger partial charge in [0.1, 0.15) is 0 Å². The lowest BCUT2D eigenvalue weighted by Gasteiger charge is -2.15. The van der Waals surface area contributed by atoms with Crippen LogP contribution < -0.4 is 5.32 Å². The number of hydrogen-bond acceptors (Lipinski definition) is 2. The summed E-state index contributed by atoms with van der Waals surface area (Å²) in [5.41, 5.74) is 0. The highest BCUT2D eigenvalue weighted by atomic mass is 16.5. The normalized spacial score (nSPS) is 37.9. The van der Waals surface area contributed by atoms with E-state index in [0.717, 1.165) is 19.0 Å². The molecule has 1 saturated heterocycles. The Bertz CT molecular complexity index is 184. The maximum absolute atomic E-state index is 5.66. The third kappa shape index (κ3) is 1.54. The Labute approximate surface area is 75.5 Å². The summed E-state index contributed by atoms with van der Waals surface area (Å²) in [6.45, 7) is 4.46. The van der Waals surface area contributed by atoms with Crippen molar-refractivity contribution in [3.8, 4) is 0 Å². The molecule has 0 spiro atoms. The Morgan fingerprint density at radius 3 is 3.08 bits per heavy atom. The second kappa shape index (κ2) is 3.58. The first-order chi connectivity index (χ1) is 5.90. The van der Waals surface area contributed by atoms with Gasteiger partial charge in [0.25, 0.3) is 0 Å². The molecule has 2 aliphatic heterocycles. The number of nitrogens with one attached hydrogen (secondary N) is 1. The van der Waals surface area contributed by atoms with Crippen LogP contribution in [-0.2, 0) is 4.74 Å². The van der Waals surface area contributed by atoms with E-state index < -0.39 is 0 Å². The quantitative estimate of drug-likeness (QED) is 0.509. The van der Waals surface area contributed by atoms with Crippen LogP contribution in [0, 0.1) is 5.92 Å². The summed E-state index contributed by atoms with van der Waals surface area (Å²) < 4.78 is 5.66. The summed E-state index contributed by atoms with van der Waals surface area (Å²) in [6.07, 6.45) is 7.70. The minimum absolute atomic E-state index is 0. The summed E-state index contributed by atoms with van der Waals surface area (Å²) in [7, 11) is 0. The molecular weight excluding hydrogens is 150 g/mol. The van der Waals surface area contributed by atoms with Crippen molar-refractivity contribution in [2.75, 3.05) is 13.1 Å². The molecule has 2 aliphatic rings. The fraction of sp³-hybridized carbons (Fsp3) is 0.800. The molecule has 0 aromatic heterocycles. The first kappa shape index (κ1) is 8.27. The van der Waals surface area contributed by atoms with Crippen LogP contribution in [0.25, 0.3) is 0 Å². The van der Waals surface area contributed by atoms with Crippen molar-refractivity contribution in [3.05, 3.63) is 12.2 Å². The molecule has 0 aromatic carbocycles. The Kier molecular flexibility index (Phi) is 2.47. The van der Waals surface area contributed by atoms with Crippen LogP contribution in [0.2, 0.25) is 0 Å². The Balaban J connectivity index is 0.000000845. The van der Waals surface area contributed by atoms with Gasteiger partial charge in [-0.3, -0.25) is 0 Å². The Hall–Kier alpha value is -0.340. The lowest BCUT2D eigenvalue weighted by molar-refractivity contribution is 0.108. The Morgan fingerprint density at radius 2 is 2.50 bits per heavy atom. The molecule has 1 N–H and O–H groups in total. The zero-order chi connectivity index (χ0) is 8.39. The van der Waals surface area contributed by atoms with Crippen molar-refractivity contribution in [3.63, 3.8) is 0 Å². The average Bonchev–Trinajstić information content (AvgIpc) is 2.65. The third-order valence-corrected chi connectivity index (χ3v) is 2.68. The van der Waals surface area contributed by atoms with Gasteiger partial charge in [0, 0.05) is 13.9 Å². The molecule has 0 aliphatic carbocycles. The van der Waals surface area contributed by atoms with Gasteiger partial charge in [-0.15, -0.1) is 0 Å². The molecule has 1 fully saturated rings. The van der Waals surface area contributed by atoms with Gasteiger partial charge in [0.05, 0.1) is 12.2 Å². The van der Waals surface area contributed by atoms with E-state index in [0.29, 0.717) is 12.2 Å². The van der Waals surface area contributed by atoms with Crippen molar-refractivity contribution in [2.24, 2.45) is 5.92 Å². The van der Waals surface area contributed by atoms with Crippen LogP contribution in [0.5, 0.6) is 0 Å². The molecule has 2 rings (SSSR count). The second-order valence-electron chi connectivity index (χ2n) is 3.72. The minimum atomic E-state index is 0. The maximum Gasteiger partial charge on any atom is 0.0806 e. The van der Waals surface area contributed by atoms with Crippen LogP contribution in [0.4, 0.5) is 0 Å². The van der Waals surface area contributed by atoms with Crippen LogP contribution in [0.3, 0.4) is 0 Å². The molecule has 12 heavy (non-hydrogen) atoms. The standard InChI is InChI=1S/C10H17NO.H2/c1-2-5-11-7-8-6-9-3-4-10(8)12-9;/h3-4,8-11H,2,5-7H2,1H3;1H. The average molecular weight is 169 g/mol. The van der Waals surface area contributed by atoms with Crippen LogP contribution in [0.1, 0.15) is 21.2 Å². The van der Waals surface area contributed by atoms with E-state index in [1.165, 1.54) is 12.8 Å². The summed E-state index contributed by atoms with van der Waals surface area (Å²) in [4.78, 5) is 0. The van der Waals surface area contributed by atoms with Crippen molar-refractivity contribution >= 4 is 0 Å². The lowest BCUT2D eigenvalue weighted by Crippen LogP contribution is -2.28. The molecule has 2 nitrogen and oxygen atoms in total. The summed E-state index contributed by atoms with van der Waals surface area (Å²) in [5.74, 6) is 0.728. The summed E-state index contributed by atoms with van der Waals surface area (Å²) in [5, 5.41) is 3.45. The van der Waals surface area contributed by atoms with E-state index in [1.54, 1.807) is 0 Å². The predicted octanol–water partition coefficient (Wildman–Crippen LogP) is 1.58. The highest BCUT2D eigenvalue weighted by Gasteiger charge is 2.35. The maximum atomic E-state index is 5.66. The molecule has 3 atom stereocenters. The molecule has 2 heterocycles. The first-order valence-electron chi connectivity index (χ1n) is 4.94. The van der Waals surface area contributed by atoms with Gasteiger partial charge in [0.2, 0.25) is 0 Å². The zero-order valence-electron chi connectivity index (χ0n) is 7.62. The van der Waals surface area contributed by atoms with Gasteiger partial charge in [0.15, 0.2) is 0 Å². The second-order valence-corrected chi connectivity index (χ2v) is 3.72. The van der Waals surface area contributed by atoms with E-state index in [9.17, 15) is 0 Å². The molecule has 0 radical (unpaired) electrons. The molecule has 70 valence electrons. The van der Waals surface area contributed by atoms with E-state index >= 15 is 0 Å². The van der Waals surface area contributed by atoms with E-state index in [4.69, 9.17) is 4.74 Å². The minimum Gasteiger partial charge on any atom is -0.367 e. The third-order valence-electron chi connectivity index (χ3n) is 2.68. The molecule has 2 bridgehead atoms. The van der Waals surface area contributed by atoms with Crippen LogP contribution in [0.15, 0.2) is 12.2 Å². The van der Waals surface area contributed by atoms with E-state index in [-0.39, 0.29) is 1.43 Å². The van der Waals surface area contributed by atoms with Gasteiger partial charge >= 0.3 is 0 Å². The molecule has 2 heteroatoms. The monoisotopic (exact) mass is 169 g/mol. The predicted molar refractivity (Wildman–Crippen MR) is 51.2 cm³/mol. The van der Waals surface area contributed by atoms with Crippen LogP contribution in [-0.4, -0.2) is 25.3 Å². The topological polar surface area (TPSA) is 21.3 Å². The lowest BCUT2D eigenvalue weighted by atomic mass is 9.94. The van der Waals surface area contributed by atoms with Gasteiger partial charge in [-0.1, -0.05) is 19.1 Å². The van der Waals surface area contributed by atoms with Gasteiger partial charge < -0.3 is 10.1 Å². The number of fused-ring (bicyclic) bond motifs is 2. The molecular formula is C10H19NO. The number of rotatable bonds is 4. The van der Waals surface area contributed by atoms with Crippen molar-refractivity contribution in [2.45, 2.75) is 32.0 Å². The Morgan fingerprint density at radius 1 is 1.58 bits per heavy atom. The summed E-state index contributed by atoms with van der Waals surface area (Å²) >= 11 is 0. The first-order valence-corrected chi connectivity index (χ1v) is 4.94. The smallest absolute Gasteiger partial charge is 0.0806 e. The van der Waals surface area contributed by atoms with Gasteiger partial charge in [-0.05, 0) is 19.4 Å². The molecule has 0 saturated carbocycles. The van der Waals surface area contributed by atoms with Crippen molar-refractivity contribution in [1.29, 1.82) is 0 Å². The molecule has 3 unspecified atom stereocenters. The van der Waals surface area contributed by atoms with Crippen molar-refractivity contribution in [1.82, 2.24) is 5.32 Å². The number of ether oxygens (including phenoxy) is 1. The summed E-state index contributed by atoms with van der Waals surface area (Å²) in [6, 6.07) is 0. The SMILES string of the molecule is CCCNCC1CC2C=CC1O2.[HH]. The van der Waals surface area contributed by atoms with E-state index in [1.807, 2.05) is 0 Å². The fourth-order valence-corrected chi connectivity index (χ4v) is 2.02. The largest absolute Gasteiger partial charge is 0.367 e. The van der Waals surface area contributed by atoms with Crippen molar-refractivity contribution < 1.29 is 6.16 Å². The number of hydrogen-bond donors (Lipinski definition) is 1.